The van der Waals surface area contributed by atoms with E-state index >= 15 is 0 Å². The molecule has 1 amide bonds. The number of amides is 1. The number of rotatable bonds is 4. The molecule has 1 aromatic rings. The Morgan fingerprint density at radius 3 is 2.94 bits per heavy atom. The summed E-state index contributed by atoms with van der Waals surface area (Å²) in [5, 5.41) is 2.96. The number of nitrogens with one attached hydrogen (secondary N) is 1. The molecule has 4 heteroatoms. The quantitative estimate of drug-likeness (QED) is 0.852. The van der Waals surface area contributed by atoms with Gasteiger partial charge in [0.25, 0.3) is 5.91 Å². The van der Waals surface area contributed by atoms with Gasteiger partial charge in [0.15, 0.2) is 0 Å². The van der Waals surface area contributed by atoms with E-state index in [1.165, 1.54) is 12.8 Å². The van der Waals surface area contributed by atoms with Crippen molar-refractivity contribution in [2.24, 2.45) is 0 Å². The Morgan fingerprint density at radius 2 is 2.29 bits per heavy atom. The highest BCUT2D eigenvalue weighted by molar-refractivity contribution is 5.93. The van der Waals surface area contributed by atoms with Crippen LogP contribution in [0.15, 0.2) is 24.5 Å². The Morgan fingerprint density at radius 1 is 1.53 bits per heavy atom. The van der Waals surface area contributed by atoms with Gasteiger partial charge in [-0.05, 0) is 45.0 Å². The molecule has 2 rings (SSSR count). The number of nitrogens with zero attached hydrogens (tertiary/aromatic N) is 2. The van der Waals surface area contributed by atoms with Crippen molar-refractivity contribution in [2.45, 2.75) is 25.8 Å². The average Bonchev–Trinajstić information content (AvgIpc) is 2.90. The van der Waals surface area contributed by atoms with Crippen molar-refractivity contribution < 1.29 is 4.79 Å². The average molecular weight is 233 g/mol. The predicted octanol–water partition coefficient (Wildman–Crippen LogP) is 1.30. The molecule has 4 nitrogen and oxygen atoms in total. The molecule has 1 aliphatic rings. The third kappa shape index (κ3) is 3.27. The number of hydrogen-bond donors (Lipinski definition) is 1. The molecule has 0 aromatic carbocycles. The third-order valence-corrected chi connectivity index (χ3v) is 3.25. The first-order valence-corrected chi connectivity index (χ1v) is 6.19. The molecule has 1 N–H and O–H groups in total. The number of likely N-dealkylation sites (tertiary alicyclic amines) is 1. The Balaban J connectivity index is 1.80. The Kier molecular flexibility index (Phi) is 4.09. The van der Waals surface area contributed by atoms with Crippen LogP contribution in [0.2, 0.25) is 0 Å². The van der Waals surface area contributed by atoms with Crippen LogP contribution in [0.4, 0.5) is 0 Å². The van der Waals surface area contributed by atoms with Crippen molar-refractivity contribution in [3.63, 3.8) is 0 Å². The smallest absolute Gasteiger partial charge is 0.252 e. The summed E-state index contributed by atoms with van der Waals surface area (Å²) >= 11 is 0. The van der Waals surface area contributed by atoms with Gasteiger partial charge in [-0.3, -0.25) is 14.7 Å². The molecule has 0 saturated carbocycles. The SMILES string of the molecule is CC(CNC(=O)c1cccnc1)N1CCCC1. The maximum atomic E-state index is 11.8. The molecule has 2 heterocycles. The summed E-state index contributed by atoms with van der Waals surface area (Å²) in [5.74, 6) is -0.0378. The topological polar surface area (TPSA) is 45.2 Å². The van der Waals surface area contributed by atoms with Gasteiger partial charge in [0, 0.05) is 25.0 Å². The lowest BCUT2D eigenvalue weighted by molar-refractivity contribution is 0.0940. The minimum atomic E-state index is -0.0378. The zero-order valence-corrected chi connectivity index (χ0v) is 10.2. The summed E-state index contributed by atoms with van der Waals surface area (Å²) in [5.41, 5.74) is 0.626. The van der Waals surface area contributed by atoms with Crippen molar-refractivity contribution in [3.05, 3.63) is 30.1 Å². The standard InChI is InChI=1S/C13H19N3O/c1-11(16-7-2-3-8-16)9-15-13(17)12-5-4-6-14-10-12/h4-6,10-11H,2-3,7-9H2,1H3,(H,15,17). The molecule has 1 fully saturated rings. The van der Waals surface area contributed by atoms with Crippen LogP contribution >= 0.6 is 0 Å². The Hall–Kier alpha value is -1.42. The molecule has 1 aromatic heterocycles. The molecular weight excluding hydrogens is 214 g/mol. The van der Waals surface area contributed by atoms with E-state index in [0.717, 1.165) is 13.1 Å². The number of hydrogen-bond acceptors (Lipinski definition) is 3. The van der Waals surface area contributed by atoms with E-state index in [-0.39, 0.29) is 5.91 Å². The van der Waals surface area contributed by atoms with Gasteiger partial charge in [-0.1, -0.05) is 0 Å². The summed E-state index contributed by atoms with van der Waals surface area (Å²) in [6.07, 6.45) is 5.82. The number of aromatic nitrogens is 1. The molecule has 17 heavy (non-hydrogen) atoms. The zero-order valence-electron chi connectivity index (χ0n) is 10.2. The van der Waals surface area contributed by atoms with Gasteiger partial charge < -0.3 is 5.32 Å². The Labute approximate surface area is 102 Å². The third-order valence-electron chi connectivity index (χ3n) is 3.25. The minimum Gasteiger partial charge on any atom is -0.350 e. The van der Waals surface area contributed by atoms with E-state index in [1.807, 2.05) is 0 Å². The van der Waals surface area contributed by atoms with Crippen LogP contribution in [0.1, 0.15) is 30.1 Å². The summed E-state index contributed by atoms with van der Waals surface area (Å²) in [4.78, 5) is 18.2. The van der Waals surface area contributed by atoms with E-state index in [9.17, 15) is 4.79 Å². The van der Waals surface area contributed by atoms with Gasteiger partial charge in [0.2, 0.25) is 0 Å². The summed E-state index contributed by atoms with van der Waals surface area (Å²) in [6.45, 7) is 5.18. The second-order valence-electron chi connectivity index (χ2n) is 4.54. The van der Waals surface area contributed by atoms with Crippen LogP contribution in [0.5, 0.6) is 0 Å². The molecular formula is C13H19N3O. The monoisotopic (exact) mass is 233 g/mol. The van der Waals surface area contributed by atoms with Gasteiger partial charge in [0.05, 0.1) is 5.56 Å². The van der Waals surface area contributed by atoms with Crippen LogP contribution in [0.25, 0.3) is 0 Å². The van der Waals surface area contributed by atoms with Gasteiger partial charge in [0.1, 0.15) is 0 Å². The zero-order chi connectivity index (χ0) is 12.1. The molecule has 0 bridgehead atoms. The van der Waals surface area contributed by atoms with Crippen LogP contribution < -0.4 is 5.32 Å². The van der Waals surface area contributed by atoms with E-state index in [2.05, 4.69) is 22.1 Å². The molecule has 0 aliphatic carbocycles. The lowest BCUT2D eigenvalue weighted by Gasteiger charge is -2.23. The maximum Gasteiger partial charge on any atom is 0.252 e. The van der Waals surface area contributed by atoms with Crippen molar-refractivity contribution in [1.82, 2.24) is 15.2 Å². The molecule has 1 saturated heterocycles. The molecule has 92 valence electrons. The van der Waals surface area contributed by atoms with Crippen molar-refractivity contribution in [2.75, 3.05) is 19.6 Å². The fourth-order valence-electron chi connectivity index (χ4n) is 2.15. The predicted molar refractivity (Wildman–Crippen MR) is 66.8 cm³/mol. The number of carbonyl (C=O) groups is 1. The molecule has 1 atom stereocenters. The van der Waals surface area contributed by atoms with Gasteiger partial charge >= 0.3 is 0 Å². The highest BCUT2D eigenvalue weighted by Crippen LogP contribution is 2.10. The van der Waals surface area contributed by atoms with Crippen molar-refractivity contribution in [1.29, 1.82) is 0 Å². The maximum absolute atomic E-state index is 11.8. The minimum absolute atomic E-state index is 0.0378. The fourth-order valence-corrected chi connectivity index (χ4v) is 2.15. The molecule has 1 unspecified atom stereocenters. The first-order chi connectivity index (χ1) is 8.27. The van der Waals surface area contributed by atoms with E-state index in [0.29, 0.717) is 18.2 Å². The van der Waals surface area contributed by atoms with Crippen molar-refractivity contribution in [3.8, 4) is 0 Å². The highest BCUT2D eigenvalue weighted by atomic mass is 16.1. The second-order valence-corrected chi connectivity index (χ2v) is 4.54. The largest absolute Gasteiger partial charge is 0.350 e. The van der Waals surface area contributed by atoms with Gasteiger partial charge in [-0.2, -0.15) is 0 Å². The van der Waals surface area contributed by atoms with Gasteiger partial charge in [-0.25, -0.2) is 0 Å². The molecule has 1 aliphatic heterocycles. The lowest BCUT2D eigenvalue weighted by Crippen LogP contribution is -2.40. The van der Waals surface area contributed by atoms with E-state index in [1.54, 1.807) is 24.5 Å². The Bertz CT molecular complexity index is 360. The first-order valence-electron chi connectivity index (χ1n) is 6.19. The second kappa shape index (κ2) is 5.77. The van der Waals surface area contributed by atoms with E-state index in [4.69, 9.17) is 0 Å². The lowest BCUT2D eigenvalue weighted by atomic mass is 10.2. The van der Waals surface area contributed by atoms with Crippen LogP contribution in [-0.2, 0) is 0 Å². The fraction of sp³-hybridized carbons (Fsp3) is 0.538. The van der Waals surface area contributed by atoms with Crippen LogP contribution in [-0.4, -0.2) is 41.5 Å². The summed E-state index contributed by atoms with van der Waals surface area (Å²) in [6, 6.07) is 3.97. The molecule has 0 radical (unpaired) electrons. The van der Waals surface area contributed by atoms with Crippen LogP contribution in [0.3, 0.4) is 0 Å². The van der Waals surface area contributed by atoms with Crippen LogP contribution in [0, 0.1) is 0 Å². The van der Waals surface area contributed by atoms with Gasteiger partial charge in [-0.15, -0.1) is 0 Å². The number of carbonyl (C=O) groups excluding carboxylic acids is 1. The molecule has 0 spiro atoms. The van der Waals surface area contributed by atoms with E-state index < -0.39 is 0 Å². The number of pyridine rings is 1. The summed E-state index contributed by atoms with van der Waals surface area (Å²) < 4.78 is 0. The normalized spacial score (nSPS) is 17.9. The first kappa shape index (κ1) is 12.0. The summed E-state index contributed by atoms with van der Waals surface area (Å²) in [7, 11) is 0. The highest BCUT2D eigenvalue weighted by Gasteiger charge is 2.18. The van der Waals surface area contributed by atoms with Crippen molar-refractivity contribution >= 4 is 5.91 Å².